The molecule has 0 unspecified atom stereocenters. The SMILES string of the molecule is CCc1ccc(C(=O)[C@@H](C)OC(=O)Cc2coc3cc(OC)ccc23)cc1. The van der Waals surface area contributed by atoms with E-state index in [1.54, 1.807) is 38.3 Å². The monoisotopic (exact) mass is 366 g/mol. The van der Waals surface area contributed by atoms with E-state index < -0.39 is 12.1 Å². The summed E-state index contributed by atoms with van der Waals surface area (Å²) in [6.45, 7) is 3.64. The van der Waals surface area contributed by atoms with Crippen LogP contribution >= 0.6 is 0 Å². The average molecular weight is 366 g/mol. The Morgan fingerprint density at radius 1 is 1.11 bits per heavy atom. The molecule has 27 heavy (non-hydrogen) atoms. The Balaban J connectivity index is 1.65. The highest BCUT2D eigenvalue weighted by atomic mass is 16.5. The smallest absolute Gasteiger partial charge is 0.311 e. The Hall–Kier alpha value is -3.08. The summed E-state index contributed by atoms with van der Waals surface area (Å²) >= 11 is 0. The van der Waals surface area contributed by atoms with Gasteiger partial charge in [-0.1, -0.05) is 31.2 Å². The van der Waals surface area contributed by atoms with Crippen molar-refractivity contribution < 1.29 is 23.5 Å². The Morgan fingerprint density at radius 2 is 1.85 bits per heavy atom. The summed E-state index contributed by atoms with van der Waals surface area (Å²) in [6.07, 6.45) is 1.62. The van der Waals surface area contributed by atoms with Gasteiger partial charge in [0, 0.05) is 22.6 Å². The van der Waals surface area contributed by atoms with Crippen LogP contribution in [0, 0.1) is 0 Å². The summed E-state index contributed by atoms with van der Waals surface area (Å²) in [5, 5.41) is 0.821. The predicted molar refractivity (Wildman–Crippen MR) is 102 cm³/mol. The van der Waals surface area contributed by atoms with Crippen LogP contribution in [0.25, 0.3) is 11.0 Å². The highest BCUT2D eigenvalue weighted by Crippen LogP contribution is 2.26. The highest BCUT2D eigenvalue weighted by molar-refractivity contribution is 6.00. The number of carbonyl (C=O) groups excluding carboxylic acids is 2. The van der Waals surface area contributed by atoms with Crippen LogP contribution in [0.4, 0.5) is 0 Å². The van der Waals surface area contributed by atoms with E-state index in [9.17, 15) is 9.59 Å². The molecule has 0 amide bonds. The number of methoxy groups -OCH3 is 1. The van der Waals surface area contributed by atoms with Crippen LogP contribution < -0.4 is 4.74 Å². The molecule has 0 aliphatic carbocycles. The van der Waals surface area contributed by atoms with E-state index in [-0.39, 0.29) is 12.2 Å². The van der Waals surface area contributed by atoms with Gasteiger partial charge in [-0.25, -0.2) is 0 Å². The fourth-order valence-corrected chi connectivity index (χ4v) is 2.91. The number of ketones is 1. The molecule has 0 saturated carbocycles. The highest BCUT2D eigenvalue weighted by Gasteiger charge is 2.20. The van der Waals surface area contributed by atoms with Gasteiger partial charge in [0.25, 0.3) is 0 Å². The second-order valence-electron chi connectivity index (χ2n) is 6.35. The second kappa shape index (κ2) is 8.08. The van der Waals surface area contributed by atoms with Gasteiger partial charge in [-0.15, -0.1) is 0 Å². The van der Waals surface area contributed by atoms with E-state index in [2.05, 4.69) is 6.92 Å². The quantitative estimate of drug-likeness (QED) is 0.459. The van der Waals surface area contributed by atoms with Crippen molar-refractivity contribution >= 4 is 22.7 Å². The summed E-state index contributed by atoms with van der Waals surface area (Å²) in [6, 6.07) is 12.8. The van der Waals surface area contributed by atoms with Crippen LogP contribution in [0.5, 0.6) is 5.75 Å². The number of hydrogen-bond donors (Lipinski definition) is 0. The van der Waals surface area contributed by atoms with Crippen LogP contribution in [-0.4, -0.2) is 25.0 Å². The number of hydrogen-bond acceptors (Lipinski definition) is 5. The first-order valence-corrected chi connectivity index (χ1v) is 8.88. The minimum Gasteiger partial charge on any atom is -0.497 e. The van der Waals surface area contributed by atoms with Crippen molar-refractivity contribution in [2.24, 2.45) is 0 Å². The van der Waals surface area contributed by atoms with Crippen LogP contribution in [0.15, 0.2) is 53.1 Å². The number of rotatable bonds is 7. The molecule has 0 aliphatic heterocycles. The lowest BCUT2D eigenvalue weighted by Gasteiger charge is -2.12. The summed E-state index contributed by atoms with van der Waals surface area (Å²) in [4.78, 5) is 24.7. The standard InChI is InChI=1S/C22H22O5/c1-4-15-5-7-16(8-6-15)22(24)14(2)27-21(23)11-17-13-26-20-12-18(25-3)9-10-19(17)20/h5-10,12-14H,4,11H2,1-3H3/t14-/m1/s1. The normalized spacial score (nSPS) is 12.0. The largest absolute Gasteiger partial charge is 0.497 e. The van der Waals surface area contributed by atoms with Crippen molar-refractivity contribution in [3.63, 3.8) is 0 Å². The molecule has 0 radical (unpaired) electrons. The van der Waals surface area contributed by atoms with Gasteiger partial charge in [0.2, 0.25) is 5.78 Å². The van der Waals surface area contributed by atoms with Gasteiger partial charge >= 0.3 is 5.97 Å². The van der Waals surface area contributed by atoms with Gasteiger partial charge in [-0.3, -0.25) is 9.59 Å². The topological polar surface area (TPSA) is 65.7 Å². The number of aryl methyl sites for hydroxylation is 1. The molecular weight excluding hydrogens is 344 g/mol. The molecule has 0 N–H and O–H groups in total. The zero-order valence-electron chi connectivity index (χ0n) is 15.7. The first-order chi connectivity index (χ1) is 13.0. The maximum absolute atomic E-state index is 12.5. The molecule has 5 nitrogen and oxygen atoms in total. The van der Waals surface area contributed by atoms with Crippen molar-refractivity contribution in [1.29, 1.82) is 0 Å². The number of furan rings is 1. The van der Waals surface area contributed by atoms with E-state index in [0.717, 1.165) is 17.4 Å². The summed E-state index contributed by atoms with van der Waals surface area (Å²) < 4.78 is 16.0. The maximum atomic E-state index is 12.5. The lowest BCUT2D eigenvalue weighted by atomic mass is 10.0. The fraction of sp³-hybridized carbons (Fsp3) is 0.273. The van der Waals surface area contributed by atoms with E-state index in [1.165, 1.54) is 6.26 Å². The van der Waals surface area contributed by atoms with Gasteiger partial charge in [0.15, 0.2) is 6.10 Å². The lowest BCUT2D eigenvalue weighted by Crippen LogP contribution is -2.25. The van der Waals surface area contributed by atoms with Gasteiger partial charge in [-0.05, 0) is 31.0 Å². The molecule has 5 heteroatoms. The number of esters is 1. The zero-order chi connectivity index (χ0) is 19.4. The third-order valence-corrected chi connectivity index (χ3v) is 4.52. The van der Waals surface area contributed by atoms with Crippen molar-refractivity contribution in [2.45, 2.75) is 32.8 Å². The number of fused-ring (bicyclic) bond motifs is 1. The Labute approximate surface area is 157 Å². The number of carbonyl (C=O) groups is 2. The van der Waals surface area contributed by atoms with Gasteiger partial charge < -0.3 is 13.9 Å². The molecular formula is C22H22O5. The first-order valence-electron chi connectivity index (χ1n) is 8.88. The Kier molecular flexibility index (Phi) is 5.60. The molecule has 3 rings (SSSR count). The molecule has 0 spiro atoms. The lowest BCUT2D eigenvalue weighted by molar-refractivity contribution is -0.145. The molecule has 140 valence electrons. The van der Waals surface area contributed by atoms with Crippen molar-refractivity contribution in [3.05, 3.63) is 65.4 Å². The van der Waals surface area contributed by atoms with Crippen LogP contribution in [0.3, 0.4) is 0 Å². The van der Waals surface area contributed by atoms with Crippen LogP contribution in [0.1, 0.15) is 35.3 Å². The summed E-state index contributed by atoms with van der Waals surface area (Å²) in [5.41, 5.74) is 3.04. The maximum Gasteiger partial charge on any atom is 0.311 e. The average Bonchev–Trinajstić information content (AvgIpc) is 3.09. The minimum atomic E-state index is -0.844. The van der Waals surface area contributed by atoms with Gasteiger partial charge in [-0.2, -0.15) is 0 Å². The third-order valence-electron chi connectivity index (χ3n) is 4.52. The van der Waals surface area contributed by atoms with Gasteiger partial charge in [0.1, 0.15) is 11.3 Å². The summed E-state index contributed by atoms with van der Waals surface area (Å²) in [7, 11) is 1.58. The number of benzene rings is 2. The van der Waals surface area contributed by atoms with Gasteiger partial charge in [0.05, 0.1) is 19.8 Å². The molecule has 0 saturated heterocycles. The molecule has 1 heterocycles. The predicted octanol–water partition coefficient (Wildman–Crippen LogP) is 4.36. The van der Waals surface area contributed by atoms with E-state index >= 15 is 0 Å². The Bertz CT molecular complexity index is 952. The molecule has 0 bridgehead atoms. The van der Waals surface area contributed by atoms with E-state index in [0.29, 0.717) is 22.5 Å². The summed E-state index contributed by atoms with van der Waals surface area (Å²) in [5.74, 6) is -0.00776. The Morgan fingerprint density at radius 3 is 2.52 bits per heavy atom. The molecule has 2 aromatic carbocycles. The molecule has 3 aromatic rings. The van der Waals surface area contributed by atoms with Crippen molar-refractivity contribution in [3.8, 4) is 5.75 Å². The van der Waals surface area contributed by atoms with Crippen LogP contribution in [-0.2, 0) is 22.4 Å². The number of Topliss-reactive ketones (excluding diaryl/α,β-unsaturated/α-hetero) is 1. The molecule has 1 aromatic heterocycles. The third kappa shape index (κ3) is 4.19. The molecule has 1 atom stereocenters. The fourth-order valence-electron chi connectivity index (χ4n) is 2.91. The first kappa shape index (κ1) is 18.7. The minimum absolute atomic E-state index is 0.0335. The second-order valence-corrected chi connectivity index (χ2v) is 6.35. The van der Waals surface area contributed by atoms with Crippen LogP contribution in [0.2, 0.25) is 0 Å². The zero-order valence-corrected chi connectivity index (χ0v) is 15.7. The molecule has 0 fully saturated rings. The van der Waals surface area contributed by atoms with Crippen molar-refractivity contribution in [1.82, 2.24) is 0 Å². The number of ether oxygens (including phenoxy) is 2. The molecule has 0 aliphatic rings. The van der Waals surface area contributed by atoms with Crippen molar-refractivity contribution in [2.75, 3.05) is 7.11 Å². The van der Waals surface area contributed by atoms with E-state index in [1.807, 2.05) is 18.2 Å². The van der Waals surface area contributed by atoms with E-state index in [4.69, 9.17) is 13.9 Å².